The number of para-hydroxylation sites is 12. The van der Waals surface area contributed by atoms with Gasteiger partial charge in [-0.25, -0.2) is 0 Å². The summed E-state index contributed by atoms with van der Waals surface area (Å²) in [7, 11) is 0. The van der Waals surface area contributed by atoms with Crippen LogP contribution in [0.25, 0.3) is 21.3 Å². The van der Waals surface area contributed by atoms with Gasteiger partial charge in [0.25, 0.3) is 0 Å². The van der Waals surface area contributed by atoms with Crippen molar-refractivity contribution in [2.24, 2.45) is 20.0 Å². The maximum atomic E-state index is 4.94. The van der Waals surface area contributed by atoms with Gasteiger partial charge in [-0.15, -0.1) is 0 Å². The number of hydrogen-bond acceptors (Lipinski definition) is 7. The van der Waals surface area contributed by atoms with Gasteiger partial charge in [-0.3, -0.25) is 0 Å². The second kappa shape index (κ2) is 53.3. The minimum atomic E-state index is 0. The van der Waals surface area contributed by atoms with Gasteiger partial charge in [0, 0.05) is 63.5 Å². The van der Waals surface area contributed by atoms with Gasteiger partial charge in [0.1, 0.15) is 0 Å². The molecule has 0 atom stereocenters. The van der Waals surface area contributed by atoms with Crippen LogP contribution in [0.3, 0.4) is 0 Å². The van der Waals surface area contributed by atoms with Gasteiger partial charge in [0.05, 0.1) is 0 Å². The van der Waals surface area contributed by atoms with Crippen molar-refractivity contribution < 1.29 is 73.3 Å². The number of anilines is 4. The Morgan fingerprint density at radius 1 is 0.217 bits per heavy atom. The fourth-order valence-electron chi connectivity index (χ4n) is 9.46. The second-order valence-electron chi connectivity index (χ2n) is 22.8. The van der Waals surface area contributed by atoms with E-state index < -0.39 is 0 Å². The minimum absolute atomic E-state index is 0. The maximum absolute atomic E-state index is 4.94. The maximum Gasteiger partial charge on any atom is 3.00 e. The molecule has 15 nitrogen and oxygen atoms in total. The first-order chi connectivity index (χ1) is 51.1. The molecule has 0 bridgehead atoms. The molecular weight excluding hydrogens is 1540 g/mol. The zero-order chi connectivity index (χ0) is 70.8. The summed E-state index contributed by atoms with van der Waals surface area (Å²) in [5, 5.41) is 31.4. The van der Waals surface area contributed by atoms with Crippen LogP contribution in [-0.2, 0) is 56.3 Å². The Bertz CT molecular complexity index is 3520. The smallest absolute Gasteiger partial charge is 1.00 e. The van der Waals surface area contributed by atoms with Crippen molar-refractivity contribution in [2.75, 3.05) is 60.9 Å². The van der Waals surface area contributed by atoms with Gasteiger partial charge in [-0.2, -0.15) is 0 Å². The van der Waals surface area contributed by atoms with Crippen LogP contribution in [0.2, 0.25) is 0 Å². The Morgan fingerprint density at radius 2 is 0.358 bits per heavy atom. The van der Waals surface area contributed by atoms with Crippen molar-refractivity contribution in [1.82, 2.24) is 0 Å². The van der Waals surface area contributed by atoms with Crippen LogP contribution in [0.5, 0.6) is 0 Å². The number of ether oxygens (including phenoxy) is 3. The standard InChI is InChI=1S/4C19H16N3.3C4H8O.BrH.2Mo/c4*1-4-10-16(11-5-1)20-19(21-17-12-6-2-7-13-17)22-18-14-8-3-9-15-18;3*1-2-4-5-3-1;;;/h4*1-15H,(H-,20,21,22);3*1-4H2;1H;;/q4*-1;;;;;+2;+3/p-1. The van der Waals surface area contributed by atoms with E-state index in [0.29, 0.717) is 23.8 Å². The number of benzene rings is 12. The molecule has 3 aliphatic rings. The third kappa shape index (κ3) is 36.2. The van der Waals surface area contributed by atoms with Crippen molar-refractivity contribution in [3.63, 3.8) is 0 Å². The van der Waals surface area contributed by atoms with Crippen LogP contribution < -0.4 is 38.2 Å². The molecule has 12 aromatic carbocycles. The van der Waals surface area contributed by atoms with E-state index in [-0.39, 0.29) is 59.1 Å². The van der Waals surface area contributed by atoms with Crippen LogP contribution >= 0.6 is 0 Å². The molecule has 3 fully saturated rings. The number of nitrogens with zero attached hydrogens (tertiary/aromatic N) is 8. The Balaban J connectivity index is 0.000000205. The van der Waals surface area contributed by atoms with Crippen molar-refractivity contribution in [3.05, 3.63) is 385 Å². The van der Waals surface area contributed by atoms with Crippen LogP contribution in [0, 0.1) is 0 Å². The summed E-state index contributed by atoms with van der Waals surface area (Å²) in [6, 6.07) is 118. The topological polar surface area (TPSA) is 182 Å². The van der Waals surface area contributed by atoms with Gasteiger partial charge in [-0.1, -0.05) is 364 Å². The SMILES string of the molecule is C1CCOC1.C1CCOC1.C1CCOC1.[Br-].[Mo+2].[Mo+3].c1ccc(N=C([N-]c2ccccc2)Nc2ccccc2)cc1.c1ccc(N=C([N-]c2ccccc2)Nc2ccccc2)cc1.c1ccc(N=C([N-]c2ccccc2)Nc2ccccc2)cc1.c1ccc(N=C([N-]c2ccccc2)Nc2ccccc2)cc1. The molecule has 0 aliphatic carbocycles. The molecule has 12 aromatic rings. The predicted octanol–water partition coefficient (Wildman–Crippen LogP) is 21.4. The first kappa shape index (κ1) is 84.4. The van der Waals surface area contributed by atoms with E-state index in [1.54, 1.807) is 0 Å². The molecule has 537 valence electrons. The molecule has 4 N–H and O–H groups in total. The van der Waals surface area contributed by atoms with Crippen molar-refractivity contribution in [1.29, 1.82) is 0 Å². The molecule has 106 heavy (non-hydrogen) atoms. The summed E-state index contributed by atoms with van der Waals surface area (Å²) < 4.78 is 14.8. The van der Waals surface area contributed by atoms with Gasteiger partial charge < -0.3 is 93.7 Å². The summed E-state index contributed by atoms with van der Waals surface area (Å²) in [4.78, 5) is 18.4. The normalized spacial score (nSPS) is 12.5. The summed E-state index contributed by atoms with van der Waals surface area (Å²) >= 11 is 0. The third-order valence-electron chi connectivity index (χ3n) is 14.5. The number of aliphatic imine (C=N–C) groups is 4. The minimum Gasteiger partial charge on any atom is -1.00 e. The van der Waals surface area contributed by atoms with E-state index in [9.17, 15) is 0 Å². The Morgan fingerprint density at radius 3 is 0.500 bits per heavy atom. The molecule has 3 heterocycles. The largest absolute Gasteiger partial charge is 3.00 e. The van der Waals surface area contributed by atoms with E-state index in [1.165, 1.54) is 38.5 Å². The molecule has 1 radical (unpaired) electrons. The number of hydrogen-bond donors (Lipinski definition) is 4. The summed E-state index contributed by atoms with van der Waals surface area (Å²) in [5.74, 6) is 2.24. The van der Waals surface area contributed by atoms with Crippen molar-refractivity contribution >= 4 is 92.1 Å². The van der Waals surface area contributed by atoms with E-state index >= 15 is 0 Å². The van der Waals surface area contributed by atoms with Gasteiger partial charge in [0.2, 0.25) is 0 Å². The predicted molar refractivity (Wildman–Crippen MR) is 432 cm³/mol. The summed E-state index contributed by atoms with van der Waals surface area (Å²) in [6.07, 6.45) is 7.67. The molecule has 18 heteroatoms. The van der Waals surface area contributed by atoms with E-state index in [4.69, 9.17) is 14.2 Å². The number of rotatable bonds is 12. The molecule has 0 spiro atoms. The van der Waals surface area contributed by atoms with Crippen LogP contribution in [-0.4, -0.2) is 63.5 Å². The molecular formula is C88H88BrMo2N12O3. The van der Waals surface area contributed by atoms with Crippen LogP contribution in [0.1, 0.15) is 38.5 Å². The first-order valence-electron chi connectivity index (χ1n) is 34.7. The molecule has 3 saturated heterocycles. The Kier molecular flexibility index (Phi) is 42.4. The molecule has 0 amide bonds. The molecule has 15 rings (SSSR count). The number of nitrogens with one attached hydrogen (secondary N) is 4. The molecule has 0 aromatic heterocycles. The summed E-state index contributed by atoms with van der Waals surface area (Å²) in [6.45, 7) is 6.00. The fourth-order valence-corrected chi connectivity index (χ4v) is 9.46. The van der Waals surface area contributed by atoms with Crippen molar-refractivity contribution in [2.45, 2.75) is 38.5 Å². The zero-order valence-corrected chi connectivity index (χ0v) is 64.7. The van der Waals surface area contributed by atoms with Gasteiger partial charge >= 0.3 is 42.1 Å². The second-order valence-corrected chi connectivity index (χ2v) is 22.8. The number of halogens is 1. The van der Waals surface area contributed by atoms with E-state index in [0.717, 1.165) is 108 Å². The molecule has 0 unspecified atom stereocenters. The van der Waals surface area contributed by atoms with E-state index in [2.05, 4.69) is 62.5 Å². The van der Waals surface area contributed by atoms with Crippen LogP contribution in [0.4, 0.5) is 68.2 Å². The Hall–Kier alpha value is -10.5. The number of guanidine groups is 4. The molecule has 3 aliphatic heterocycles. The van der Waals surface area contributed by atoms with Crippen molar-refractivity contribution in [3.8, 4) is 0 Å². The zero-order valence-electron chi connectivity index (χ0n) is 59.1. The Labute approximate surface area is 665 Å². The fraction of sp³-hybridized carbons (Fsp3) is 0.136. The quantitative estimate of drug-likeness (QED) is 0.0533. The van der Waals surface area contributed by atoms with E-state index in [1.807, 2.05) is 364 Å². The first-order valence-corrected chi connectivity index (χ1v) is 34.7. The summed E-state index contributed by atoms with van der Waals surface area (Å²) in [5.41, 5.74) is 10.7. The average molecular weight is 1630 g/mol. The third-order valence-corrected chi connectivity index (χ3v) is 14.5. The molecule has 0 saturated carbocycles. The van der Waals surface area contributed by atoms with Gasteiger partial charge in [-0.05, 0) is 107 Å². The average Bonchev–Trinajstić information content (AvgIpc) is 1.33. The van der Waals surface area contributed by atoms with Gasteiger partial charge in [0.15, 0.2) is 0 Å². The van der Waals surface area contributed by atoms with Crippen LogP contribution in [0.15, 0.2) is 384 Å². The monoisotopic (exact) mass is 1640 g/mol.